The molecule has 0 aromatic heterocycles. The Balaban J connectivity index is 1.37. The second-order valence-electron chi connectivity index (χ2n) is 7.77. The fraction of sp³-hybridized carbons (Fsp3) is 0.600. The molecule has 1 aromatic carbocycles. The van der Waals surface area contributed by atoms with Crippen molar-refractivity contribution in [1.82, 2.24) is 4.90 Å². The first-order valence-electron chi connectivity index (χ1n) is 10.00. The first-order chi connectivity index (χ1) is 13.9. The van der Waals surface area contributed by atoms with Crippen LogP contribution in [0.1, 0.15) is 32.1 Å². The summed E-state index contributed by atoms with van der Waals surface area (Å²) in [6.07, 6.45) is 3.24. The van der Waals surface area contributed by atoms with Crippen LogP contribution in [0, 0.1) is 0 Å². The van der Waals surface area contributed by atoms with E-state index in [1.807, 2.05) is 0 Å². The molecule has 2 atom stereocenters. The summed E-state index contributed by atoms with van der Waals surface area (Å²) >= 11 is 0. The number of carbonyl (C=O) groups is 2. The first-order valence-corrected chi connectivity index (χ1v) is 11.8. The number of hydrogen-bond acceptors (Lipinski definition) is 7. The Kier molecular flexibility index (Phi) is 5.67. The molecule has 0 bridgehead atoms. The molecule has 2 aliphatic heterocycles. The fourth-order valence-electron chi connectivity index (χ4n) is 4.32. The lowest BCUT2D eigenvalue weighted by molar-refractivity contribution is -0.161. The molecular weight excluding hydrogens is 398 g/mol. The molecule has 158 valence electrons. The zero-order valence-corrected chi connectivity index (χ0v) is 16.9. The Labute approximate surface area is 170 Å². The second kappa shape index (κ2) is 8.22. The number of hydrogen-bond donors (Lipinski definition) is 0. The summed E-state index contributed by atoms with van der Waals surface area (Å²) in [6, 6.07) is 6.70. The molecule has 29 heavy (non-hydrogen) atoms. The van der Waals surface area contributed by atoms with Crippen LogP contribution >= 0.6 is 0 Å². The minimum absolute atomic E-state index is 0.0112. The van der Waals surface area contributed by atoms with Gasteiger partial charge in [0.2, 0.25) is 6.10 Å². The van der Waals surface area contributed by atoms with Gasteiger partial charge < -0.3 is 19.1 Å². The third kappa shape index (κ3) is 4.49. The van der Waals surface area contributed by atoms with E-state index in [4.69, 9.17) is 14.2 Å². The van der Waals surface area contributed by atoms with E-state index in [0.29, 0.717) is 17.9 Å². The summed E-state index contributed by atoms with van der Waals surface area (Å²) in [6.45, 7) is -0.412. The maximum absolute atomic E-state index is 12.9. The third-order valence-electron chi connectivity index (χ3n) is 5.72. The predicted octanol–water partition coefficient (Wildman–Crippen LogP) is 1.33. The van der Waals surface area contributed by atoms with Crippen LogP contribution in [0.2, 0.25) is 0 Å². The van der Waals surface area contributed by atoms with Gasteiger partial charge in [0.25, 0.3) is 5.91 Å². The molecule has 0 radical (unpaired) electrons. The van der Waals surface area contributed by atoms with Gasteiger partial charge in [-0.1, -0.05) is 25.0 Å². The van der Waals surface area contributed by atoms with Gasteiger partial charge in [-0.25, -0.2) is 13.2 Å². The van der Waals surface area contributed by atoms with Crippen molar-refractivity contribution >= 4 is 21.7 Å². The maximum atomic E-state index is 12.9. The van der Waals surface area contributed by atoms with Crippen molar-refractivity contribution in [3.05, 3.63) is 24.3 Å². The van der Waals surface area contributed by atoms with E-state index < -0.39 is 28.5 Å². The van der Waals surface area contributed by atoms with Crippen molar-refractivity contribution in [2.75, 3.05) is 24.7 Å². The monoisotopic (exact) mass is 423 g/mol. The molecule has 8 nitrogen and oxygen atoms in total. The van der Waals surface area contributed by atoms with Gasteiger partial charge in [0.15, 0.2) is 27.9 Å². The second-order valence-corrected chi connectivity index (χ2v) is 10.00. The van der Waals surface area contributed by atoms with Gasteiger partial charge in [0, 0.05) is 12.1 Å². The summed E-state index contributed by atoms with van der Waals surface area (Å²) in [5, 5.41) is 0. The molecule has 2 heterocycles. The average Bonchev–Trinajstić information content (AvgIpc) is 3.36. The summed E-state index contributed by atoms with van der Waals surface area (Å²) < 4.78 is 40.1. The number of carbonyl (C=O) groups excluding carboxylic acids is 2. The highest BCUT2D eigenvalue weighted by molar-refractivity contribution is 7.91. The molecule has 1 aliphatic carbocycles. The summed E-state index contributed by atoms with van der Waals surface area (Å²) in [5.74, 6) is 0.0844. The molecule has 4 rings (SSSR count). The number of rotatable bonds is 5. The van der Waals surface area contributed by atoms with Crippen molar-refractivity contribution in [2.24, 2.45) is 0 Å². The van der Waals surface area contributed by atoms with Crippen molar-refractivity contribution in [3.8, 4) is 11.5 Å². The summed E-state index contributed by atoms with van der Waals surface area (Å²) in [7, 11) is -3.12. The van der Waals surface area contributed by atoms with E-state index in [0.717, 1.165) is 25.7 Å². The van der Waals surface area contributed by atoms with Gasteiger partial charge in [0.05, 0.1) is 11.5 Å². The van der Waals surface area contributed by atoms with Crippen molar-refractivity contribution in [2.45, 2.75) is 50.3 Å². The SMILES string of the molecule is O=C(OCC(=O)N(C1CCCC1)[C@H]1CCS(=O)(=O)C1)[C@@H]1COc2ccccc2O1. The third-order valence-corrected chi connectivity index (χ3v) is 7.47. The molecule has 9 heteroatoms. The lowest BCUT2D eigenvalue weighted by Gasteiger charge is -2.34. The van der Waals surface area contributed by atoms with Gasteiger partial charge in [-0.15, -0.1) is 0 Å². The molecule has 1 saturated carbocycles. The Morgan fingerprint density at radius 1 is 1.07 bits per heavy atom. The summed E-state index contributed by atoms with van der Waals surface area (Å²) in [5.41, 5.74) is 0. The van der Waals surface area contributed by atoms with Crippen LogP contribution in [0.15, 0.2) is 24.3 Å². The molecule has 0 unspecified atom stereocenters. The molecule has 1 amide bonds. The minimum atomic E-state index is -3.12. The van der Waals surface area contributed by atoms with Gasteiger partial charge in [-0.05, 0) is 31.4 Å². The van der Waals surface area contributed by atoms with E-state index in [1.165, 1.54) is 0 Å². The Hall–Kier alpha value is -2.29. The van der Waals surface area contributed by atoms with Crippen molar-refractivity contribution in [1.29, 1.82) is 0 Å². The van der Waals surface area contributed by atoms with E-state index in [-0.39, 0.29) is 36.1 Å². The van der Waals surface area contributed by atoms with E-state index in [2.05, 4.69) is 0 Å². The number of fused-ring (bicyclic) bond motifs is 1. The van der Waals surface area contributed by atoms with Crippen LogP contribution in [0.3, 0.4) is 0 Å². The highest BCUT2D eigenvalue weighted by Gasteiger charge is 2.39. The number of nitrogens with zero attached hydrogens (tertiary/aromatic N) is 1. The van der Waals surface area contributed by atoms with Gasteiger partial charge in [0.1, 0.15) is 6.61 Å². The van der Waals surface area contributed by atoms with Gasteiger partial charge >= 0.3 is 5.97 Å². The van der Waals surface area contributed by atoms with Crippen LogP contribution in [-0.2, 0) is 24.2 Å². The summed E-state index contributed by atoms with van der Waals surface area (Å²) in [4.78, 5) is 26.9. The van der Waals surface area contributed by atoms with Crippen LogP contribution in [-0.4, -0.2) is 68.1 Å². The highest BCUT2D eigenvalue weighted by Crippen LogP contribution is 2.31. The number of esters is 1. The smallest absolute Gasteiger partial charge is 0.351 e. The lowest BCUT2D eigenvalue weighted by atomic mass is 10.1. The van der Waals surface area contributed by atoms with Gasteiger partial charge in [-0.2, -0.15) is 0 Å². The number of para-hydroxylation sites is 2. The van der Waals surface area contributed by atoms with E-state index >= 15 is 0 Å². The zero-order chi connectivity index (χ0) is 20.4. The standard InChI is InChI=1S/C20H25NO7S/c22-19(21(14-5-1-2-6-14)15-9-10-29(24,25)13-15)12-27-20(23)18-11-26-16-7-3-4-8-17(16)28-18/h3-4,7-8,14-15,18H,1-2,5-6,9-13H2/t15-,18-/m0/s1. The number of benzene rings is 1. The molecule has 0 spiro atoms. The zero-order valence-electron chi connectivity index (χ0n) is 16.1. The molecule has 2 fully saturated rings. The Bertz CT molecular complexity index is 879. The molecule has 1 aromatic rings. The van der Waals surface area contributed by atoms with Crippen molar-refractivity contribution in [3.63, 3.8) is 0 Å². The maximum Gasteiger partial charge on any atom is 0.351 e. The van der Waals surface area contributed by atoms with E-state index in [9.17, 15) is 18.0 Å². The van der Waals surface area contributed by atoms with Crippen LogP contribution in [0.25, 0.3) is 0 Å². The average molecular weight is 423 g/mol. The largest absolute Gasteiger partial charge is 0.485 e. The van der Waals surface area contributed by atoms with Crippen molar-refractivity contribution < 1.29 is 32.2 Å². The first kappa shape index (κ1) is 20.0. The number of amides is 1. The van der Waals surface area contributed by atoms with Crippen LogP contribution in [0.5, 0.6) is 11.5 Å². The van der Waals surface area contributed by atoms with Crippen LogP contribution in [0.4, 0.5) is 0 Å². The fourth-order valence-corrected chi connectivity index (χ4v) is 6.03. The topological polar surface area (TPSA) is 99.2 Å². The molecule has 0 N–H and O–H groups in total. The normalized spacial score (nSPS) is 25.5. The highest BCUT2D eigenvalue weighted by atomic mass is 32.2. The Morgan fingerprint density at radius 2 is 1.79 bits per heavy atom. The van der Waals surface area contributed by atoms with Crippen LogP contribution < -0.4 is 9.47 Å². The molecule has 3 aliphatic rings. The Morgan fingerprint density at radius 3 is 2.48 bits per heavy atom. The quantitative estimate of drug-likeness (QED) is 0.659. The van der Waals surface area contributed by atoms with E-state index in [1.54, 1.807) is 29.2 Å². The molecule has 1 saturated heterocycles. The van der Waals surface area contributed by atoms with Gasteiger partial charge in [-0.3, -0.25) is 4.79 Å². The predicted molar refractivity (Wildman–Crippen MR) is 103 cm³/mol. The number of ether oxygens (including phenoxy) is 3. The minimum Gasteiger partial charge on any atom is -0.485 e. The molecular formula is C20H25NO7S. The lowest BCUT2D eigenvalue weighted by Crippen LogP contribution is -2.49. The number of sulfone groups is 1.